The number of hydrogen-bond donors (Lipinski definition) is 1. The third-order valence-electron chi connectivity index (χ3n) is 2.67. The number of hydrogen-bond acceptors (Lipinski definition) is 5. The summed E-state index contributed by atoms with van der Waals surface area (Å²) in [5.74, 6) is 1.21. The number of amides is 1. The monoisotopic (exact) mass is 288 g/mol. The standard InChI is InChI=1S/C14H12N2O3S/c1-9-7-20-14(15-9)16-13(17)5-3-10-2-4-11-12(6-10)19-8-18-11/h2-7H,8H2,1H3,(H,15,16,17). The summed E-state index contributed by atoms with van der Waals surface area (Å²) in [4.78, 5) is 15.9. The summed E-state index contributed by atoms with van der Waals surface area (Å²) in [6, 6.07) is 5.52. The van der Waals surface area contributed by atoms with Crippen molar-refractivity contribution >= 4 is 28.5 Å². The van der Waals surface area contributed by atoms with Crippen LogP contribution >= 0.6 is 11.3 Å². The molecule has 0 spiro atoms. The van der Waals surface area contributed by atoms with Crippen molar-refractivity contribution in [3.05, 3.63) is 40.9 Å². The van der Waals surface area contributed by atoms with Crippen LogP contribution in [-0.2, 0) is 4.79 Å². The smallest absolute Gasteiger partial charge is 0.250 e. The van der Waals surface area contributed by atoms with Gasteiger partial charge in [-0.1, -0.05) is 6.07 Å². The Labute approximate surface area is 119 Å². The first kappa shape index (κ1) is 12.7. The van der Waals surface area contributed by atoms with Crippen molar-refractivity contribution in [3.63, 3.8) is 0 Å². The van der Waals surface area contributed by atoms with Gasteiger partial charge in [0, 0.05) is 11.5 Å². The first-order valence-electron chi connectivity index (χ1n) is 6.01. The van der Waals surface area contributed by atoms with Crippen molar-refractivity contribution in [1.29, 1.82) is 0 Å². The minimum atomic E-state index is -0.211. The number of carbonyl (C=O) groups is 1. The Morgan fingerprint density at radius 1 is 1.40 bits per heavy atom. The number of aryl methyl sites for hydroxylation is 1. The fourth-order valence-corrected chi connectivity index (χ4v) is 2.44. The molecule has 0 atom stereocenters. The molecule has 2 aromatic rings. The number of fused-ring (bicyclic) bond motifs is 1. The summed E-state index contributed by atoms with van der Waals surface area (Å²) in [6.45, 7) is 2.13. The molecule has 0 fully saturated rings. The van der Waals surface area contributed by atoms with Crippen LogP contribution in [0.2, 0.25) is 0 Å². The molecule has 2 heterocycles. The Morgan fingerprint density at radius 3 is 3.05 bits per heavy atom. The summed E-state index contributed by atoms with van der Waals surface area (Å²) in [6.07, 6.45) is 3.19. The summed E-state index contributed by atoms with van der Waals surface area (Å²) < 4.78 is 10.5. The Morgan fingerprint density at radius 2 is 2.25 bits per heavy atom. The highest BCUT2D eigenvalue weighted by atomic mass is 32.1. The highest BCUT2D eigenvalue weighted by Crippen LogP contribution is 2.32. The number of aromatic nitrogens is 1. The predicted octanol–water partition coefficient (Wildman–Crippen LogP) is 2.83. The van der Waals surface area contributed by atoms with E-state index in [2.05, 4.69) is 10.3 Å². The maximum absolute atomic E-state index is 11.7. The van der Waals surface area contributed by atoms with E-state index in [4.69, 9.17) is 9.47 Å². The van der Waals surface area contributed by atoms with Crippen LogP contribution < -0.4 is 14.8 Å². The van der Waals surface area contributed by atoms with Crippen LogP contribution in [0.25, 0.3) is 6.08 Å². The van der Waals surface area contributed by atoms with E-state index in [1.165, 1.54) is 17.4 Å². The number of rotatable bonds is 3. The molecule has 0 unspecified atom stereocenters. The third-order valence-corrected chi connectivity index (χ3v) is 3.55. The average molecular weight is 288 g/mol. The van der Waals surface area contributed by atoms with E-state index in [9.17, 15) is 4.79 Å². The van der Waals surface area contributed by atoms with Gasteiger partial charge in [0.05, 0.1) is 5.69 Å². The van der Waals surface area contributed by atoms with Crippen molar-refractivity contribution in [2.24, 2.45) is 0 Å². The zero-order valence-corrected chi connectivity index (χ0v) is 11.6. The van der Waals surface area contributed by atoms with Crippen molar-refractivity contribution in [1.82, 2.24) is 4.98 Å². The van der Waals surface area contributed by atoms with Gasteiger partial charge in [-0.2, -0.15) is 0 Å². The zero-order valence-electron chi connectivity index (χ0n) is 10.8. The molecule has 20 heavy (non-hydrogen) atoms. The average Bonchev–Trinajstić information content (AvgIpc) is 3.04. The Hall–Kier alpha value is -2.34. The molecule has 3 rings (SSSR count). The first-order chi connectivity index (χ1) is 9.70. The number of anilines is 1. The molecular formula is C14H12N2O3S. The molecule has 0 saturated carbocycles. The van der Waals surface area contributed by atoms with Crippen LogP contribution in [-0.4, -0.2) is 17.7 Å². The third kappa shape index (κ3) is 2.80. The van der Waals surface area contributed by atoms with Crippen molar-refractivity contribution in [2.45, 2.75) is 6.92 Å². The first-order valence-corrected chi connectivity index (χ1v) is 6.89. The van der Waals surface area contributed by atoms with E-state index in [1.807, 2.05) is 30.5 Å². The van der Waals surface area contributed by atoms with Gasteiger partial charge in [0.25, 0.3) is 0 Å². The molecule has 5 nitrogen and oxygen atoms in total. The van der Waals surface area contributed by atoms with Crippen molar-refractivity contribution < 1.29 is 14.3 Å². The van der Waals surface area contributed by atoms with Crippen LogP contribution in [0.4, 0.5) is 5.13 Å². The van der Waals surface area contributed by atoms with Crippen molar-refractivity contribution in [2.75, 3.05) is 12.1 Å². The van der Waals surface area contributed by atoms with Crippen LogP contribution in [0.1, 0.15) is 11.3 Å². The molecule has 0 aliphatic carbocycles. The quantitative estimate of drug-likeness (QED) is 0.882. The molecule has 1 N–H and O–H groups in total. The summed E-state index contributed by atoms with van der Waals surface area (Å²) in [5, 5.41) is 5.20. The van der Waals surface area contributed by atoms with Gasteiger partial charge in [-0.05, 0) is 30.7 Å². The van der Waals surface area contributed by atoms with Gasteiger partial charge in [0.15, 0.2) is 16.6 Å². The maximum Gasteiger partial charge on any atom is 0.250 e. The molecule has 0 saturated heterocycles. The second-order valence-electron chi connectivity index (χ2n) is 4.23. The van der Waals surface area contributed by atoms with E-state index in [0.717, 1.165) is 17.0 Å². The predicted molar refractivity (Wildman–Crippen MR) is 77.1 cm³/mol. The molecule has 0 bridgehead atoms. The molecule has 0 radical (unpaired) electrons. The van der Waals surface area contributed by atoms with Crippen LogP contribution in [0.5, 0.6) is 11.5 Å². The number of carbonyl (C=O) groups excluding carboxylic acids is 1. The van der Waals surface area contributed by atoms with Gasteiger partial charge < -0.3 is 9.47 Å². The minimum absolute atomic E-state index is 0.211. The highest BCUT2D eigenvalue weighted by Gasteiger charge is 2.12. The van der Waals surface area contributed by atoms with Crippen LogP contribution in [0.3, 0.4) is 0 Å². The van der Waals surface area contributed by atoms with Crippen LogP contribution in [0.15, 0.2) is 29.7 Å². The Balaban J connectivity index is 1.66. The molecule has 1 aliphatic heterocycles. The van der Waals surface area contributed by atoms with Gasteiger partial charge >= 0.3 is 0 Å². The largest absolute Gasteiger partial charge is 0.454 e. The summed E-state index contributed by atoms with van der Waals surface area (Å²) in [5.41, 5.74) is 1.77. The summed E-state index contributed by atoms with van der Waals surface area (Å²) in [7, 11) is 0. The number of nitrogens with zero attached hydrogens (tertiary/aromatic N) is 1. The topological polar surface area (TPSA) is 60.5 Å². The van der Waals surface area contributed by atoms with Gasteiger partial charge in [-0.15, -0.1) is 11.3 Å². The molecule has 1 aromatic carbocycles. The molecule has 102 valence electrons. The lowest BCUT2D eigenvalue weighted by Gasteiger charge is -1.98. The highest BCUT2D eigenvalue weighted by molar-refractivity contribution is 7.13. The van der Waals surface area contributed by atoms with Gasteiger partial charge in [-0.3, -0.25) is 10.1 Å². The Kier molecular flexibility index (Phi) is 3.39. The van der Waals surface area contributed by atoms with E-state index in [1.54, 1.807) is 6.08 Å². The fraction of sp³-hybridized carbons (Fsp3) is 0.143. The number of thiazole rings is 1. The van der Waals surface area contributed by atoms with E-state index < -0.39 is 0 Å². The van der Waals surface area contributed by atoms with Crippen LogP contribution in [0, 0.1) is 6.92 Å². The number of ether oxygens (including phenoxy) is 2. The lowest BCUT2D eigenvalue weighted by atomic mass is 10.2. The normalized spacial score (nSPS) is 12.8. The molecular weight excluding hydrogens is 276 g/mol. The van der Waals surface area contributed by atoms with E-state index in [-0.39, 0.29) is 12.7 Å². The van der Waals surface area contributed by atoms with Gasteiger partial charge in [0.1, 0.15) is 0 Å². The molecule has 1 aliphatic rings. The minimum Gasteiger partial charge on any atom is -0.454 e. The zero-order chi connectivity index (χ0) is 13.9. The fourth-order valence-electron chi connectivity index (χ4n) is 1.75. The molecule has 1 amide bonds. The number of nitrogens with one attached hydrogen (secondary N) is 1. The maximum atomic E-state index is 11.7. The second kappa shape index (κ2) is 5.34. The summed E-state index contributed by atoms with van der Waals surface area (Å²) >= 11 is 1.40. The van der Waals surface area contributed by atoms with Crippen molar-refractivity contribution in [3.8, 4) is 11.5 Å². The van der Waals surface area contributed by atoms with E-state index in [0.29, 0.717) is 10.9 Å². The second-order valence-corrected chi connectivity index (χ2v) is 5.09. The van der Waals surface area contributed by atoms with Gasteiger partial charge in [-0.25, -0.2) is 4.98 Å². The van der Waals surface area contributed by atoms with Gasteiger partial charge in [0.2, 0.25) is 12.7 Å². The molecule has 6 heteroatoms. The lowest BCUT2D eigenvalue weighted by Crippen LogP contribution is -2.07. The SMILES string of the molecule is Cc1csc(NC(=O)C=Cc2ccc3c(c2)OCO3)n1. The van der Waals surface area contributed by atoms with E-state index >= 15 is 0 Å². The number of benzene rings is 1. The molecule has 1 aromatic heterocycles. The Bertz CT molecular complexity index is 679. The lowest BCUT2D eigenvalue weighted by molar-refractivity contribution is -0.111.